The summed E-state index contributed by atoms with van der Waals surface area (Å²) in [4.78, 5) is 15.2. The number of alkyl halides is 3. The number of hydrogen-bond acceptors (Lipinski definition) is 4. The molecule has 5 nitrogen and oxygen atoms in total. The van der Waals surface area contributed by atoms with Crippen molar-refractivity contribution in [3.63, 3.8) is 0 Å². The fourth-order valence-corrected chi connectivity index (χ4v) is 2.75. The summed E-state index contributed by atoms with van der Waals surface area (Å²) in [5.74, 6) is -2.41. The quantitative estimate of drug-likeness (QED) is 0.545. The summed E-state index contributed by atoms with van der Waals surface area (Å²) in [5.41, 5.74) is 1.09. The first-order chi connectivity index (χ1) is 13.6. The minimum absolute atomic E-state index is 0.0184. The molecule has 9 heteroatoms. The normalized spacial score (nSPS) is 11.2. The number of pyridine rings is 1. The van der Waals surface area contributed by atoms with Crippen molar-refractivity contribution in [3.05, 3.63) is 71.7 Å². The summed E-state index contributed by atoms with van der Waals surface area (Å²) in [6.07, 6.45) is -3.47. The lowest BCUT2D eigenvalue weighted by Crippen LogP contribution is -2.17. The van der Waals surface area contributed by atoms with Crippen LogP contribution in [0.15, 0.2) is 54.7 Å². The minimum Gasteiger partial charge on any atom is -0.478 e. The van der Waals surface area contributed by atoms with Gasteiger partial charge in [0.15, 0.2) is 0 Å². The maximum absolute atomic E-state index is 14.7. The zero-order valence-corrected chi connectivity index (χ0v) is 14.9. The number of carboxylic acid groups (broad SMARTS) is 1. The molecule has 0 radical (unpaired) electrons. The van der Waals surface area contributed by atoms with Gasteiger partial charge in [-0.3, -0.25) is 0 Å². The summed E-state index contributed by atoms with van der Waals surface area (Å²) in [6.45, 7) is 1.65. The van der Waals surface area contributed by atoms with Gasteiger partial charge >= 0.3 is 12.3 Å². The fraction of sp³-hybridized carbons (Fsp3) is 0.100. The van der Waals surface area contributed by atoms with E-state index in [-0.39, 0.29) is 17.1 Å². The highest BCUT2D eigenvalue weighted by atomic mass is 19.4. The summed E-state index contributed by atoms with van der Waals surface area (Å²) in [6, 6.07) is 10.5. The second-order valence-corrected chi connectivity index (χ2v) is 6.05. The summed E-state index contributed by atoms with van der Waals surface area (Å²) in [7, 11) is 0. The Bertz CT molecular complexity index is 1070. The Morgan fingerprint density at radius 2 is 1.90 bits per heavy atom. The van der Waals surface area contributed by atoms with Gasteiger partial charge in [0.05, 0.1) is 5.69 Å². The Labute approximate surface area is 162 Å². The van der Waals surface area contributed by atoms with E-state index in [2.05, 4.69) is 15.0 Å². The molecule has 0 bridgehead atoms. The highest BCUT2D eigenvalue weighted by molar-refractivity contribution is 5.94. The molecule has 0 spiro atoms. The van der Waals surface area contributed by atoms with Crippen LogP contribution in [0.1, 0.15) is 15.9 Å². The van der Waals surface area contributed by atoms with Gasteiger partial charge in [-0.15, -0.1) is 13.2 Å². The van der Waals surface area contributed by atoms with Crippen molar-refractivity contribution >= 4 is 17.5 Å². The van der Waals surface area contributed by atoms with Crippen LogP contribution in [0.2, 0.25) is 0 Å². The lowest BCUT2D eigenvalue weighted by Gasteiger charge is -2.14. The summed E-state index contributed by atoms with van der Waals surface area (Å²) in [5, 5.41) is 11.8. The van der Waals surface area contributed by atoms with Gasteiger partial charge in [0, 0.05) is 6.20 Å². The number of aromatic carboxylic acids is 1. The highest BCUT2D eigenvalue weighted by Gasteiger charge is 2.31. The summed E-state index contributed by atoms with van der Waals surface area (Å²) >= 11 is 0. The highest BCUT2D eigenvalue weighted by Crippen LogP contribution is 2.33. The predicted octanol–water partition coefficient (Wildman–Crippen LogP) is 5.54. The van der Waals surface area contributed by atoms with Gasteiger partial charge in [-0.1, -0.05) is 12.1 Å². The van der Waals surface area contributed by atoms with E-state index in [0.29, 0.717) is 16.7 Å². The van der Waals surface area contributed by atoms with Crippen LogP contribution in [0.25, 0.3) is 11.1 Å². The molecule has 2 N–H and O–H groups in total. The van der Waals surface area contributed by atoms with Gasteiger partial charge in [0.2, 0.25) is 0 Å². The topological polar surface area (TPSA) is 71.5 Å². The maximum Gasteiger partial charge on any atom is 0.573 e. The van der Waals surface area contributed by atoms with Gasteiger partial charge in [0.1, 0.15) is 22.9 Å². The number of rotatable bonds is 5. The number of aromatic nitrogens is 1. The molecular formula is C20H14F4N2O3. The lowest BCUT2D eigenvalue weighted by atomic mass is 9.99. The van der Waals surface area contributed by atoms with Gasteiger partial charge in [-0.2, -0.15) is 0 Å². The van der Waals surface area contributed by atoms with Gasteiger partial charge in [0.25, 0.3) is 0 Å². The van der Waals surface area contributed by atoms with Crippen molar-refractivity contribution in [1.82, 2.24) is 4.98 Å². The van der Waals surface area contributed by atoms with E-state index in [1.54, 1.807) is 6.92 Å². The second-order valence-electron chi connectivity index (χ2n) is 6.05. The van der Waals surface area contributed by atoms with Crippen LogP contribution in [-0.4, -0.2) is 22.4 Å². The van der Waals surface area contributed by atoms with Crippen molar-refractivity contribution in [2.75, 3.05) is 5.32 Å². The molecule has 0 aliphatic carbocycles. The van der Waals surface area contributed by atoms with E-state index in [1.807, 2.05) is 0 Å². The van der Waals surface area contributed by atoms with Crippen LogP contribution in [-0.2, 0) is 0 Å². The monoisotopic (exact) mass is 406 g/mol. The Kier molecular flexibility index (Phi) is 5.40. The maximum atomic E-state index is 14.7. The number of hydrogen-bond donors (Lipinski definition) is 2. The van der Waals surface area contributed by atoms with Crippen LogP contribution in [0.4, 0.5) is 29.1 Å². The third-order valence-electron chi connectivity index (χ3n) is 3.98. The predicted molar refractivity (Wildman–Crippen MR) is 97.7 cm³/mol. The van der Waals surface area contributed by atoms with Gasteiger partial charge < -0.3 is 15.2 Å². The van der Waals surface area contributed by atoms with Crippen LogP contribution < -0.4 is 10.1 Å². The van der Waals surface area contributed by atoms with E-state index in [0.717, 1.165) is 18.2 Å². The molecule has 0 atom stereocenters. The molecule has 1 aromatic heterocycles. The molecule has 1 heterocycles. The van der Waals surface area contributed by atoms with Crippen LogP contribution in [0, 0.1) is 12.7 Å². The molecule has 150 valence electrons. The van der Waals surface area contributed by atoms with Gasteiger partial charge in [-0.05, 0) is 60.0 Å². The second kappa shape index (κ2) is 7.78. The van der Waals surface area contributed by atoms with Crippen molar-refractivity contribution < 1.29 is 32.2 Å². The first-order valence-electron chi connectivity index (χ1n) is 8.26. The smallest absolute Gasteiger partial charge is 0.478 e. The Morgan fingerprint density at radius 3 is 2.59 bits per heavy atom. The Balaban J connectivity index is 1.95. The Hall–Kier alpha value is -3.62. The number of benzene rings is 2. The van der Waals surface area contributed by atoms with Crippen LogP contribution in [0.5, 0.6) is 5.75 Å². The molecule has 29 heavy (non-hydrogen) atoms. The number of nitrogens with one attached hydrogen (secondary N) is 1. The molecule has 0 aliphatic heterocycles. The zero-order chi connectivity index (χ0) is 21.2. The lowest BCUT2D eigenvalue weighted by molar-refractivity contribution is -0.274. The van der Waals surface area contributed by atoms with Crippen molar-refractivity contribution in [3.8, 4) is 16.9 Å². The standard InChI is InChI=1S/C20H14F4N2O3/c1-11-8-17(26-18-14(19(27)28)6-3-7-25-18)16(21)10-15(11)12-4-2-5-13(9-12)29-20(22,23)24/h2-10H,1H3,(H,25,26)(H,27,28). The fourth-order valence-electron chi connectivity index (χ4n) is 2.75. The number of carbonyl (C=O) groups is 1. The number of anilines is 2. The molecule has 0 aliphatic rings. The number of carboxylic acids is 1. The van der Waals surface area contributed by atoms with Crippen LogP contribution in [0.3, 0.4) is 0 Å². The summed E-state index contributed by atoms with van der Waals surface area (Å²) < 4.78 is 55.8. The third-order valence-corrected chi connectivity index (χ3v) is 3.98. The first kappa shape index (κ1) is 20.1. The van der Waals surface area contributed by atoms with E-state index >= 15 is 0 Å². The molecule has 0 saturated carbocycles. The van der Waals surface area contributed by atoms with Crippen molar-refractivity contribution in [1.29, 1.82) is 0 Å². The average molecular weight is 406 g/mol. The SMILES string of the molecule is Cc1cc(Nc2ncccc2C(=O)O)c(F)cc1-c1cccc(OC(F)(F)F)c1. The molecule has 0 amide bonds. The minimum atomic E-state index is -4.84. The molecule has 3 aromatic rings. The Morgan fingerprint density at radius 1 is 1.14 bits per heavy atom. The molecule has 0 unspecified atom stereocenters. The van der Waals surface area contributed by atoms with E-state index in [1.165, 1.54) is 36.5 Å². The molecule has 0 saturated heterocycles. The first-order valence-corrected chi connectivity index (χ1v) is 8.26. The average Bonchev–Trinajstić information content (AvgIpc) is 2.63. The largest absolute Gasteiger partial charge is 0.573 e. The number of nitrogens with zero attached hydrogens (tertiary/aromatic N) is 1. The third kappa shape index (κ3) is 4.81. The molecule has 3 rings (SSSR count). The number of halogens is 4. The molecule has 2 aromatic carbocycles. The number of aryl methyl sites for hydroxylation is 1. The van der Waals surface area contributed by atoms with Crippen molar-refractivity contribution in [2.45, 2.75) is 13.3 Å². The zero-order valence-electron chi connectivity index (χ0n) is 14.9. The molecule has 0 fully saturated rings. The van der Waals surface area contributed by atoms with E-state index < -0.39 is 23.9 Å². The van der Waals surface area contributed by atoms with E-state index in [4.69, 9.17) is 0 Å². The van der Waals surface area contributed by atoms with Gasteiger partial charge in [-0.25, -0.2) is 14.2 Å². The van der Waals surface area contributed by atoms with Crippen molar-refractivity contribution in [2.24, 2.45) is 0 Å². The van der Waals surface area contributed by atoms with E-state index in [9.17, 15) is 27.5 Å². The van der Waals surface area contributed by atoms with Crippen LogP contribution >= 0.6 is 0 Å². The molecular weight excluding hydrogens is 392 g/mol. The number of ether oxygens (including phenoxy) is 1.